The molecule has 2 aromatic rings. The van der Waals surface area contributed by atoms with Crippen LogP contribution in [0.2, 0.25) is 5.02 Å². The number of aryl methyl sites for hydroxylation is 1. The van der Waals surface area contributed by atoms with E-state index in [0.717, 1.165) is 37.7 Å². The summed E-state index contributed by atoms with van der Waals surface area (Å²) in [5.74, 6) is -0.189. The zero-order valence-corrected chi connectivity index (χ0v) is 16.4. The lowest BCUT2D eigenvalue weighted by molar-refractivity contribution is -0.110. The van der Waals surface area contributed by atoms with E-state index in [2.05, 4.69) is 49.1 Å². The molecular weight excluding hydrogens is 443 g/mol. The van der Waals surface area contributed by atoms with Gasteiger partial charge < -0.3 is 5.32 Å². The lowest BCUT2D eigenvalue weighted by atomic mass is 10.0. The van der Waals surface area contributed by atoms with Crippen molar-refractivity contribution in [2.24, 2.45) is 4.99 Å². The van der Waals surface area contributed by atoms with Crippen molar-refractivity contribution in [1.29, 1.82) is 0 Å². The van der Waals surface area contributed by atoms with Gasteiger partial charge in [0.2, 0.25) is 0 Å². The molecule has 0 unspecified atom stereocenters. The summed E-state index contributed by atoms with van der Waals surface area (Å²) in [5, 5.41) is 3.53. The molecular formula is C17H13Br2ClN2O. The molecule has 0 fully saturated rings. The van der Waals surface area contributed by atoms with Gasteiger partial charge in [0.05, 0.1) is 16.4 Å². The topological polar surface area (TPSA) is 41.5 Å². The quantitative estimate of drug-likeness (QED) is 0.609. The van der Waals surface area contributed by atoms with E-state index in [4.69, 9.17) is 11.6 Å². The largest absolute Gasteiger partial charge is 0.320 e. The number of carbonyl (C=O) groups is 1. The lowest BCUT2D eigenvalue weighted by Crippen LogP contribution is -2.14. The summed E-state index contributed by atoms with van der Waals surface area (Å²) in [4.78, 5) is 17.0. The van der Waals surface area contributed by atoms with E-state index >= 15 is 0 Å². The minimum atomic E-state index is -0.189. The Kier molecular flexibility index (Phi) is 4.63. The van der Waals surface area contributed by atoms with Gasteiger partial charge in [0, 0.05) is 14.5 Å². The minimum absolute atomic E-state index is 0.189. The highest BCUT2D eigenvalue weighted by atomic mass is 79.9. The fraction of sp³-hybridized carbons (Fsp3) is 0.176. The van der Waals surface area contributed by atoms with Crippen molar-refractivity contribution >= 4 is 66.5 Å². The molecule has 1 aliphatic rings. The van der Waals surface area contributed by atoms with E-state index in [0.29, 0.717) is 16.4 Å². The number of nitrogens with one attached hydrogen (secondary N) is 1. The SMILES string of the molecule is CCc1cc(Br)cc2c1NC(=O)C2=Nc1ccc(Br)c(Cl)c1C. The fourth-order valence-electron chi connectivity index (χ4n) is 2.57. The highest BCUT2D eigenvalue weighted by molar-refractivity contribution is 9.10. The van der Waals surface area contributed by atoms with Crippen LogP contribution in [0.4, 0.5) is 11.4 Å². The Labute approximate surface area is 156 Å². The van der Waals surface area contributed by atoms with Gasteiger partial charge in [-0.15, -0.1) is 0 Å². The molecule has 23 heavy (non-hydrogen) atoms. The first-order valence-electron chi connectivity index (χ1n) is 7.09. The van der Waals surface area contributed by atoms with Crippen molar-refractivity contribution in [3.63, 3.8) is 0 Å². The molecule has 0 spiro atoms. The average Bonchev–Trinajstić information content (AvgIpc) is 2.83. The van der Waals surface area contributed by atoms with Crippen molar-refractivity contribution < 1.29 is 4.79 Å². The number of hydrogen-bond acceptors (Lipinski definition) is 2. The van der Waals surface area contributed by atoms with Crippen LogP contribution < -0.4 is 5.32 Å². The van der Waals surface area contributed by atoms with E-state index in [-0.39, 0.29) is 5.91 Å². The maximum atomic E-state index is 12.4. The predicted octanol–water partition coefficient (Wildman–Crippen LogP) is 5.81. The molecule has 0 bridgehead atoms. The number of fused-ring (bicyclic) bond motifs is 1. The molecule has 118 valence electrons. The van der Waals surface area contributed by atoms with Crippen LogP contribution in [0.1, 0.15) is 23.6 Å². The summed E-state index contributed by atoms with van der Waals surface area (Å²) < 4.78 is 1.75. The molecule has 1 aliphatic heterocycles. The van der Waals surface area contributed by atoms with Crippen molar-refractivity contribution in [2.45, 2.75) is 20.3 Å². The zero-order valence-electron chi connectivity index (χ0n) is 12.5. The number of anilines is 1. The molecule has 6 heteroatoms. The summed E-state index contributed by atoms with van der Waals surface area (Å²) >= 11 is 13.2. The Balaban J connectivity index is 2.18. The molecule has 0 radical (unpaired) electrons. The summed E-state index contributed by atoms with van der Waals surface area (Å²) in [6.45, 7) is 3.95. The van der Waals surface area contributed by atoms with E-state index in [9.17, 15) is 4.79 Å². The van der Waals surface area contributed by atoms with Crippen LogP contribution in [0.5, 0.6) is 0 Å². The van der Waals surface area contributed by atoms with Crippen LogP contribution in [-0.2, 0) is 11.2 Å². The molecule has 2 aromatic carbocycles. The smallest absolute Gasteiger partial charge is 0.275 e. The first-order valence-corrected chi connectivity index (χ1v) is 9.06. The summed E-state index contributed by atoms with van der Waals surface area (Å²) in [6.07, 6.45) is 0.832. The Bertz CT molecular complexity index is 862. The van der Waals surface area contributed by atoms with Crippen molar-refractivity contribution in [3.05, 3.63) is 54.9 Å². The first-order chi connectivity index (χ1) is 10.9. The minimum Gasteiger partial charge on any atom is -0.320 e. The van der Waals surface area contributed by atoms with Crippen molar-refractivity contribution in [1.82, 2.24) is 0 Å². The Morgan fingerprint density at radius 3 is 2.70 bits per heavy atom. The summed E-state index contributed by atoms with van der Waals surface area (Å²) in [5.41, 5.74) is 4.69. The maximum absolute atomic E-state index is 12.4. The number of benzene rings is 2. The Morgan fingerprint density at radius 2 is 2.00 bits per heavy atom. The number of amides is 1. The summed E-state index contributed by atoms with van der Waals surface area (Å²) in [7, 11) is 0. The molecule has 0 saturated carbocycles. The third kappa shape index (κ3) is 2.97. The van der Waals surface area contributed by atoms with Crippen molar-refractivity contribution in [2.75, 3.05) is 5.32 Å². The molecule has 0 saturated heterocycles. The second kappa shape index (κ2) is 6.38. The number of carbonyl (C=O) groups excluding carboxylic acids is 1. The van der Waals surface area contributed by atoms with Gasteiger partial charge in [-0.05, 0) is 64.7 Å². The van der Waals surface area contributed by atoms with Gasteiger partial charge in [0.1, 0.15) is 5.71 Å². The number of nitrogens with zero attached hydrogens (tertiary/aromatic N) is 1. The standard InChI is InChI=1S/C17H13Br2ClN2O/c1-3-9-6-10(18)7-11-15(9)22-17(23)16(11)21-13-5-4-12(19)14(20)8(13)2/h4-7H,3H2,1-2H3,(H,21,22,23). The monoisotopic (exact) mass is 454 g/mol. The molecule has 0 aliphatic carbocycles. The van der Waals surface area contributed by atoms with Crippen LogP contribution in [-0.4, -0.2) is 11.6 Å². The van der Waals surface area contributed by atoms with Gasteiger partial charge in [-0.25, -0.2) is 4.99 Å². The summed E-state index contributed by atoms with van der Waals surface area (Å²) in [6, 6.07) is 7.62. The van der Waals surface area contributed by atoms with Crippen LogP contribution in [0, 0.1) is 6.92 Å². The molecule has 0 atom stereocenters. The van der Waals surface area contributed by atoms with Crippen LogP contribution >= 0.6 is 43.5 Å². The molecule has 0 aromatic heterocycles. The highest BCUT2D eigenvalue weighted by Gasteiger charge is 2.28. The van der Waals surface area contributed by atoms with E-state index in [1.807, 2.05) is 31.2 Å². The van der Waals surface area contributed by atoms with Gasteiger partial charge in [-0.1, -0.05) is 34.5 Å². The van der Waals surface area contributed by atoms with Gasteiger partial charge in [0.25, 0.3) is 5.91 Å². The molecule has 1 amide bonds. The normalized spacial score (nSPS) is 15.0. The van der Waals surface area contributed by atoms with Crippen LogP contribution in [0.15, 0.2) is 38.2 Å². The molecule has 3 nitrogen and oxygen atoms in total. The van der Waals surface area contributed by atoms with Gasteiger partial charge >= 0.3 is 0 Å². The second-order valence-corrected chi connectivity index (χ2v) is 7.41. The molecule has 3 rings (SSSR count). The third-order valence-electron chi connectivity index (χ3n) is 3.82. The van der Waals surface area contributed by atoms with E-state index in [1.54, 1.807) is 0 Å². The highest BCUT2D eigenvalue weighted by Crippen LogP contribution is 2.36. The van der Waals surface area contributed by atoms with Gasteiger partial charge in [0.15, 0.2) is 0 Å². The van der Waals surface area contributed by atoms with Gasteiger partial charge in [-0.3, -0.25) is 4.79 Å². The second-order valence-electron chi connectivity index (χ2n) is 5.26. The zero-order chi connectivity index (χ0) is 16.7. The lowest BCUT2D eigenvalue weighted by Gasteiger charge is -2.07. The van der Waals surface area contributed by atoms with Crippen LogP contribution in [0.25, 0.3) is 0 Å². The first kappa shape index (κ1) is 16.7. The predicted molar refractivity (Wildman–Crippen MR) is 102 cm³/mol. The average molecular weight is 457 g/mol. The fourth-order valence-corrected chi connectivity index (χ4v) is 3.66. The van der Waals surface area contributed by atoms with Crippen LogP contribution in [0.3, 0.4) is 0 Å². The Morgan fingerprint density at radius 1 is 1.26 bits per heavy atom. The number of hydrogen-bond donors (Lipinski definition) is 1. The van der Waals surface area contributed by atoms with E-state index in [1.165, 1.54) is 0 Å². The number of halogens is 3. The molecule has 1 N–H and O–H groups in total. The third-order valence-corrected chi connectivity index (χ3v) is 5.65. The van der Waals surface area contributed by atoms with Crippen molar-refractivity contribution in [3.8, 4) is 0 Å². The molecule has 1 heterocycles. The van der Waals surface area contributed by atoms with E-state index < -0.39 is 0 Å². The maximum Gasteiger partial charge on any atom is 0.275 e. The number of rotatable bonds is 2. The van der Waals surface area contributed by atoms with Gasteiger partial charge in [-0.2, -0.15) is 0 Å². The Hall–Kier alpha value is -1.17. The number of aliphatic imine (C=N–C) groups is 1.